The molecule has 0 aliphatic carbocycles. The van der Waals surface area contributed by atoms with Crippen LogP contribution in [-0.4, -0.2) is 4.32 Å². The van der Waals surface area contributed by atoms with E-state index in [4.69, 9.17) is 5.73 Å². The summed E-state index contributed by atoms with van der Waals surface area (Å²) >= 11 is 6.39. The molecule has 0 saturated carbocycles. The van der Waals surface area contributed by atoms with E-state index in [-0.39, 0.29) is 0 Å². The molecule has 0 radical (unpaired) electrons. The summed E-state index contributed by atoms with van der Waals surface area (Å²) < 4.78 is 0.505. The third kappa shape index (κ3) is 5.28. The summed E-state index contributed by atoms with van der Waals surface area (Å²) in [5.74, 6) is 0. The molecule has 0 aliphatic heterocycles. The van der Waals surface area contributed by atoms with E-state index in [1.165, 1.54) is 10.8 Å². The van der Waals surface area contributed by atoms with Crippen molar-refractivity contribution in [3.8, 4) is 0 Å². The molecule has 0 unspecified atom stereocenters. The molecule has 6 heavy (non-hydrogen) atoms. The fourth-order valence-corrected chi connectivity index (χ4v) is 3.26. The molecule has 0 saturated heterocycles. The van der Waals surface area contributed by atoms with Crippen molar-refractivity contribution in [3.05, 3.63) is 0 Å². The SMILES string of the molecule is NC(=S)S[S][Mo]. The maximum absolute atomic E-state index is 5.08. The monoisotopic (exact) mass is 222 g/mol. The molecule has 0 atom stereocenters. The Morgan fingerprint density at radius 3 is 2.33 bits per heavy atom. The van der Waals surface area contributed by atoms with Gasteiger partial charge in [0.2, 0.25) is 0 Å². The number of hydrogen-bond acceptors (Lipinski definition) is 3. The van der Waals surface area contributed by atoms with Crippen molar-refractivity contribution in [1.29, 1.82) is 0 Å². The average Bonchev–Trinajstić information content (AvgIpc) is 1.35. The average molecular weight is 220 g/mol. The Labute approximate surface area is 59.8 Å². The second-order valence-corrected chi connectivity index (χ2v) is 5.83. The van der Waals surface area contributed by atoms with Crippen molar-refractivity contribution < 1.29 is 18.5 Å². The van der Waals surface area contributed by atoms with Crippen LogP contribution in [-0.2, 0) is 18.5 Å². The van der Waals surface area contributed by atoms with E-state index < -0.39 is 0 Å². The molecular weight excluding hydrogens is 218 g/mol. The predicted octanol–water partition coefficient (Wildman–Crippen LogP) is 1.07. The van der Waals surface area contributed by atoms with Crippen molar-refractivity contribution in [3.63, 3.8) is 0 Å². The van der Waals surface area contributed by atoms with Crippen LogP contribution in [0.15, 0.2) is 0 Å². The minimum atomic E-state index is 0.505. The van der Waals surface area contributed by atoms with Crippen molar-refractivity contribution in [2.24, 2.45) is 5.73 Å². The second-order valence-electron chi connectivity index (χ2n) is 0.470. The molecule has 0 aromatic heterocycles. The zero-order chi connectivity index (χ0) is 4.99. The van der Waals surface area contributed by atoms with Crippen molar-refractivity contribution >= 4 is 35.8 Å². The molecule has 0 amide bonds. The maximum atomic E-state index is 5.08. The molecule has 5 heteroatoms. The van der Waals surface area contributed by atoms with Gasteiger partial charge >= 0.3 is 60.1 Å². The molecule has 0 spiro atoms. The minimum absolute atomic E-state index is 0.505. The van der Waals surface area contributed by atoms with E-state index in [0.717, 1.165) is 0 Å². The van der Waals surface area contributed by atoms with Crippen LogP contribution in [0.5, 0.6) is 0 Å². The van der Waals surface area contributed by atoms with Gasteiger partial charge in [-0.05, 0) is 0 Å². The third-order valence-electron chi connectivity index (χ3n) is 0.116. The summed E-state index contributed by atoms with van der Waals surface area (Å²) in [6.45, 7) is 0. The van der Waals surface area contributed by atoms with E-state index >= 15 is 0 Å². The van der Waals surface area contributed by atoms with Crippen LogP contribution in [0.3, 0.4) is 0 Å². The van der Waals surface area contributed by atoms with E-state index in [2.05, 4.69) is 12.2 Å². The first-order valence-electron chi connectivity index (χ1n) is 1.03. The van der Waals surface area contributed by atoms with Gasteiger partial charge in [0, 0.05) is 0 Å². The Hall–Kier alpha value is 1.28. The Morgan fingerprint density at radius 1 is 1.83 bits per heavy atom. The number of hydrogen-bond donors (Lipinski definition) is 1. The Bertz CT molecular complexity index is 54.8. The first-order valence-corrected chi connectivity index (χ1v) is 5.97. The van der Waals surface area contributed by atoms with Gasteiger partial charge in [-0.3, -0.25) is 0 Å². The molecule has 0 heterocycles. The summed E-state index contributed by atoms with van der Waals surface area (Å²) in [6.07, 6.45) is 0. The van der Waals surface area contributed by atoms with E-state index in [1.54, 1.807) is 8.50 Å². The normalized spacial score (nSPS) is 8.00. The molecule has 0 aromatic rings. The molecule has 0 fully saturated rings. The van der Waals surface area contributed by atoms with Crippen molar-refractivity contribution in [1.82, 2.24) is 0 Å². The number of rotatable bonds is 1. The first-order chi connectivity index (χ1) is 2.77. The molecule has 0 aromatic carbocycles. The summed E-state index contributed by atoms with van der Waals surface area (Å²) in [7, 11) is 2.99. The van der Waals surface area contributed by atoms with Gasteiger partial charge in [-0.25, -0.2) is 0 Å². The molecule has 2 N–H and O–H groups in total. The summed E-state index contributed by atoms with van der Waals surface area (Å²) in [4.78, 5) is 0. The van der Waals surface area contributed by atoms with Crippen LogP contribution in [0.1, 0.15) is 0 Å². The van der Waals surface area contributed by atoms with Crippen LogP contribution in [0.4, 0.5) is 0 Å². The van der Waals surface area contributed by atoms with Gasteiger partial charge in [0.15, 0.2) is 0 Å². The van der Waals surface area contributed by atoms with Crippen LogP contribution in [0.2, 0.25) is 0 Å². The molecular formula is CH2MoNS3. The standard InChI is InChI=1S/CH3NS3.Mo/c2-1(3)5-4;/h4H,(H2,2,3);/q;+1/p-1. The second kappa shape index (κ2) is 4.44. The molecule has 0 rings (SSSR count). The molecule has 0 aliphatic rings. The summed E-state index contributed by atoms with van der Waals surface area (Å²) in [6, 6.07) is 0. The molecule has 1 nitrogen and oxygen atoms in total. The third-order valence-corrected chi connectivity index (χ3v) is 3.16. The Balaban J connectivity index is 2.83. The van der Waals surface area contributed by atoms with Gasteiger partial charge in [-0.2, -0.15) is 0 Å². The van der Waals surface area contributed by atoms with Crippen LogP contribution >= 0.6 is 31.5 Å². The number of thiocarbonyl (C=S) groups is 1. The van der Waals surface area contributed by atoms with Crippen molar-refractivity contribution in [2.45, 2.75) is 0 Å². The van der Waals surface area contributed by atoms with Gasteiger partial charge in [0.25, 0.3) is 0 Å². The van der Waals surface area contributed by atoms with Gasteiger partial charge in [-0.15, -0.1) is 0 Å². The van der Waals surface area contributed by atoms with Crippen molar-refractivity contribution in [2.75, 3.05) is 0 Å². The fraction of sp³-hybridized carbons (Fsp3) is 0. The topological polar surface area (TPSA) is 26.0 Å². The number of nitrogens with two attached hydrogens (primary N) is 1. The first kappa shape index (κ1) is 7.28. The zero-order valence-electron chi connectivity index (χ0n) is 2.71. The predicted molar refractivity (Wildman–Crippen MR) is 32.0 cm³/mol. The van der Waals surface area contributed by atoms with Crippen LogP contribution in [0, 0.1) is 0 Å². The van der Waals surface area contributed by atoms with Gasteiger partial charge < -0.3 is 0 Å². The van der Waals surface area contributed by atoms with Gasteiger partial charge in [-0.1, -0.05) is 0 Å². The van der Waals surface area contributed by atoms with Gasteiger partial charge in [0.05, 0.1) is 0 Å². The Morgan fingerprint density at radius 2 is 2.33 bits per heavy atom. The van der Waals surface area contributed by atoms with Crippen LogP contribution < -0.4 is 5.73 Å². The molecule has 35 valence electrons. The quantitative estimate of drug-likeness (QED) is 0.406. The van der Waals surface area contributed by atoms with E-state index in [9.17, 15) is 0 Å². The van der Waals surface area contributed by atoms with Gasteiger partial charge in [0.1, 0.15) is 0 Å². The fourth-order valence-electron chi connectivity index (χ4n) is 0.0335. The van der Waals surface area contributed by atoms with E-state index in [0.29, 0.717) is 4.32 Å². The van der Waals surface area contributed by atoms with E-state index in [1.807, 2.05) is 18.5 Å². The molecule has 0 bridgehead atoms. The summed E-state index contributed by atoms with van der Waals surface area (Å²) in [5.41, 5.74) is 5.08. The Kier molecular flexibility index (Phi) is 5.38. The van der Waals surface area contributed by atoms with Crippen LogP contribution in [0.25, 0.3) is 0 Å². The zero-order valence-corrected chi connectivity index (χ0v) is 7.17. The summed E-state index contributed by atoms with van der Waals surface area (Å²) in [5, 5.41) is 0.